The third-order valence-corrected chi connectivity index (χ3v) is 2.44. The quantitative estimate of drug-likeness (QED) is 0.816. The van der Waals surface area contributed by atoms with Crippen LogP contribution in [0.2, 0.25) is 0 Å². The van der Waals surface area contributed by atoms with Gasteiger partial charge in [-0.15, -0.1) is 12.4 Å². The van der Waals surface area contributed by atoms with E-state index in [-0.39, 0.29) is 32.2 Å². The SMILES string of the molecule is CCOC(=O)[C@@H](N)COCc1ccc(C(F)(F)F)cc1.Cl. The van der Waals surface area contributed by atoms with Gasteiger partial charge in [-0.25, -0.2) is 0 Å². The van der Waals surface area contributed by atoms with Gasteiger partial charge in [0.1, 0.15) is 6.04 Å². The Hall–Kier alpha value is -1.31. The molecule has 0 bridgehead atoms. The molecular weight excluding hydrogens is 311 g/mol. The summed E-state index contributed by atoms with van der Waals surface area (Å²) in [6.07, 6.45) is -4.36. The van der Waals surface area contributed by atoms with Gasteiger partial charge in [-0.05, 0) is 24.6 Å². The molecule has 1 aromatic rings. The summed E-state index contributed by atoms with van der Waals surface area (Å²) in [5, 5.41) is 0. The van der Waals surface area contributed by atoms with Gasteiger partial charge in [0, 0.05) is 0 Å². The number of ether oxygens (including phenoxy) is 2. The van der Waals surface area contributed by atoms with Crippen LogP contribution in [0.15, 0.2) is 24.3 Å². The minimum absolute atomic E-state index is 0. The van der Waals surface area contributed by atoms with Crippen molar-refractivity contribution in [2.45, 2.75) is 25.7 Å². The number of nitrogens with two attached hydrogens (primary N) is 1. The molecule has 1 aromatic carbocycles. The van der Waals surface area contributed by atoms with E-state index in [1.54, 1.807) is 6.92 Å². The fourth-order valence-electron chi connectivity index (χ4n) is 1.41. The van der Waals surface area contributed by atoms with E-state index in [9.17, 15) is 18.0 Å². The Morgan fingerprint density at radius 2 is 1.86 bits per heavy atom. The Kier molecular flexibility index (Phi) is 8.31. The van der Waals surface area contributed by atoms with Crippen LogP contribution in [0.5, 0.6) is 0 Å². The maximum Gasteiger partial charge on any atom is 0.416 e. The fraction of sp³-hybridized carbons (Fsp3) is 0.462. The molecular formula is C13H17ClF3NO3. The van der Waals surface area contributed by atoms with Crippen molar-refractivity contribution in [1.29, 1.82) is 0 Å². The molecule has 0 saturated heterocycles. The van der Waals surface area contributed by atoms with E-state index in [0.717, 1.165) is 12.1 Å². The van der Waals surface area contributed by atoms with Crippen molar-refractivity contribution in [2.24, 2.45) is 5.73 Å². The van der Waals surface area contributed by atoms with E-state index in [4.69, 9.17) is 15.2 Å². The first-order valence-corrected chi connectivity index (χ1v) is 6.00. The van der Waals surface area contributed by atoms with E-state index in [0.29, 0.717) is 5.56 Å². The summed E-state index contributed by atoms with van der Waals surface area (Å²) in [6.45, 7) is 1.91. The number of hydrogen-bond donors (Lipinski definition) is 1. The lowest BCUT2D eigenvalue weighted by Gasteiger charge is -2.11. The maximum atomic E-state index is 12.3. The van der Waals surface area contributed by atoms with Gasteiger partial charge in [0.05, 0.1) is 25.4 Å². The molecule has 21 heavy (non-hydrogen) atoms. The van der Waals surface area contributed by atoms with Crippen LogP contribution in [0.1, 0.15) is 18.1 Å². The van der Waals surface area contributed by atoms with E-state index in [1.165, 1.54) is 12.1 Å². The van der Waals surface area contributed by atoms with Gasteiger partial charge in [0.15, 0.2) is 0 Å². The van der Waals surface area contributed by atoms with Gasteiger partial charge in [0.2, 0.25) is 0 Å². The number of benzene rings is 1. The smallest absolute Gasteiger partial charge is 0.416 e. The second-order valence-corrected chi connectivity index (χ2v) is 4.07. The highest BCUT2D eigenvalue weighted by atomic mass is 35.5. The van der Waals surface area contributed by atoms with Crippen molar-refractivity contribution in [3.63, 3.8) is 0 Å². The Morgan fingerprint density at radius 3 is 2.33 bits per heavy atom. The van der Waals surface area contributed by atoms with Crippen LogP contribution in [0.3, 0.4) is 0 Å². The zero-order chi connectivity index (χ0) is 15.2. The lowest BCUT2D eigenvalue weighted by molar-refractivity contribution is -0.146. The van der Waals surface area contributed by atoms with Crippen molar-refractivity contribution < 1.29 is 27.4 Å². The first-order valence-electron chi connectivity index (χ1n) is 6.00. The largest absolute Gasteiger partial charge is 0.465 e. The van der Waals surface area contributed by atoms with Gasteiger partial charge < -0.3 is 15.2 Å². The van der Waals surface area contributed by atoms with E-state index < -0.39 is 23.8 Å². The molecule has 0 saturated carbocycles. The molecule has 120 valence electrons. The van der Waals surface area contributed by atoms with Crippen molar-refractivity contribution in [3.05, 3.63) is 35.4 Å². The normalized spacial score (nSPS) is 12.4. The molecule has 0 unspecified atom stereocenters. The zero-order valence-electron chi connectivity index (χ0n) is 11.4. The molecule has 1 atom stereocenters. The monoisotopic (exact) mass is 327 g/mol. The predicted molar refractivity (Wildman–Crippen MR) is 73.0 cm³/mol. The number of carbonyl (C=O) groups excluding carboxylic acids is 1. The minimum Gasteiger partial charge on any atom is -0.465 e. The molecule has 0 amide bonds. The summed E-state index contributed by atoms with van der Waals surface area (Å²) in [4.78, 5) is 11.2. The first kappa shape index (κ1) is 19.7. The summed E-state index contributed by atoms with van der Waals surface area (Å²) >= 11 is 0. The fourth-order valence-corrected chi connectivity index (χ4v) is 1.41. The van der Waals surface area contributed by atoms with Crippen LogP contribution >= 0.6 is 12.4 Å². The van der Waals surface area contributed by atoms with E-state index in [2.05, 4.69) is 0 Å². The van der Waals surface area contributed by atoms with Crippen molar-refractivity contribution in [2.75, 3.05) is 13.2 Å². The molecule has 0 aliphatic carbocycles. The number of halogens is 4. The molecule has 4 nitrogen and oxygen atoms in total. The Morgan fingerprint density at radius 1 is 1.29 bits per heavy atom. The van der Waals surface area contributed by atoms with Gasteiger partial charge in [-0.2, -0.15) is 13.2 Å². The molecule has 0 fully saturated rings. The minimum atomic E-state index is -4.36. The Labute approximate surface area is 126 Å². The van der Waals surface area contributed by atoms with Crippen molar-refractivity contribution in [1.82, 2.24) is 0 Å². The third kappa shape index (κ3) is 6.79. The van der Waals surface area contributed by atoms with Crippen LogP contribution in [0.4, 0.5) is 13.2 Å². The lowest BCUT2D eigenvalue weighted by Crippen LogP contribution is -2.36. The molecule has 1 rings (SSSR count). The number of hydrogen-bond acceptors (Lipinski definition) is 4. The van der Waals surface area contributed by atoms with Crippen molar-refractivity contribution in [3.8, 4) is 0 Å². The number of alkyl halides is 3. The summed E-state index contributed by atoms with van der Waals surface area (Å²) < 4.78 is 46.9. The van der Waals surface area contributed by atoms with Crippen LogP contribution in [0.25, 0.3) is 0 Å². The second-order valence-electron chi connectivity index (χ2n) is 4.07. The molecule has 0 heterocycles. The Balaban J connectivity index is 0.00000400. The average Bonchev–Trinajstić information content (AvgIpc) is 2.38. The topological polar surface area (TPSA) is 61.5 Å². The summed E-state index contributed by atoms with van der Waals surface area (Å²) in [5.41, 5.74) is 5.35. The number of rotatable bonds is 6. The maximum absolute atomic E-state index is 12.3. The van der Waals surface area contributed by atoms with E-state index >= 15 is 0 Å². The Bertz CT molecular complexity index is 437. The van der Waals surface area contributed by atoms with Gasteiger partial charge in [-0.3, -0.25) is 4.79 Å². The van der Waals surface area contributed by atoms with Gasteiger partial charge in [0.25, 0.3) is 0 Å². The van der Waals surface area contributed by atoms with Gasteiger partial charge in [-0.1, -0.05) is 12.1 Å². The van der Waals surface area contributed by atoms with Crippen LogP contribution in [0, 0.1) is 0 Å². The lowest BCUT2D eigenvalue weighted by atomic mass is 10.1. The summed E-state index contributed by atoms with van der Waals surface area (Å²) in [5.74, 6) is -0.570. The van der Waals surface area contributed by atoms with Crippen LogP contribution in [-0.4, -0.2) is 25.2 Å². The highest BCUT2D eigenvalue weighted by Gasteiger charge is 2.29. The summed E-state index contributed by atoms with van der Waals surface area (Å²) in [6, 6.07) is 3.69. The van der Waals surface area contributed by atoms with Gasteiger partial charge >= 0.3 is 12.1 Å². The third-order valence-electron chi connectivity index (χ3n) is 2.44. The molecule has 0 aliphatic rings. The molecule has 0 aromatic heterocycles. The highest BCUT2D eigenvalue weighted by molar-refractivity contribution is 5.85. The molecule has 8 heteroatoms. The molecule has 0 radical (unpaired) electrons. The predicted octanol–water partition coefficient (Wildman–Crippen LogP) is 2.53. The zero-order valence-corrected chi connectivity index (χ0v) is 12.2. The molecule has 0 spiro atoms. The molecule has 0 aliphatic heterocycles. The summed E-state index contributed by atoms with van der Waals surface area (Å²) in [7, 11) is 0. The average molecular weight is 328 g/mol. The van der Waals surface area contributed by atoms with Crippen LogP contribution < -0.4 is 5.73 Å². The highest BCUT2D eigenvalue weighted by Crippen LogP contribution is 2.29. The second kappa shape index (κ2) is 8.86. The van der Waals surface area contributed by atoms with E-state index in [1.807, 2.05) is 0 Å². The standard InChI is InChI=1S/C13H16F3NO3.ClH/c1-2-20-12(18)11(17)8-19-7-9-3-5-10(6-4-9)13(14,15)16;/h3-6,11H,2,7-8,17H2,1H3;1H/t11-;/m0./s1. The number of esters is 1. The number of carbonyl (C=O) groups is 1. The van der Waals surface area contributed by atoms with Crippen molar-refractivity contribution >= 4 is 18.4 Å². The molecule has 2 N–H and O–H groups in total. The van der Waals surface area contributed by atoms with Crippen LogP contribution in [-0.2, 0) is 27.1 Å². The first-order chi connectivity index (χ1) is 9.34.